The topological polar surface area (TPSA) is 42.1 Å². The molecule has 0 saturated carbocycles. The van der Waals surface area contributed by atoms with E-state index in [1.807, 2.05) is 0 Å². The van der Waals surface area contributed by atoms with E-state index >= 15 is 0 Å². The van der Waals surface area contributed by atoms with Gasteiger partial charge in [0.25, 0.3) is 0 Å². The average Bonchev–Trinajstić information content (AvgIpc) is 3.46. The predicted octanol–water partition coefficient (Wildman–Crippen LogP) is 4.98. The van der Waals surface area contributed by atoms with Crippen LogP contribution in [-0.2, 0) is 14.3 Å². The maximum absolute atomic E-state index is 11.1. The summed E-state index contributed by atoms with van der Waals surface area (Å²) in [4.78, 5) is 11.1. The van der Waals surface area contributed by atoms with E-state index in [0.29, 0.717) is 30.8 Å². The highest BCUT2D eigenvalue weighted by Crippen LogP contribution is 2.39. The van der Waals surface area contributed by atoms with Gasteiger partial charge in [-0.2, -0.15) is 0 Å². The van der Waals surface area contributed by atoms with Crippen molar-refractivity contribution in [2.75, 3.05) is 0 Å². The predicted molar refractivity (Wildman–Crippen MR) is 93.6 cm³/mol. The summed E-state index contributed by atoms with van der Waals surface area (Å²) >= 11 is 0. The van der Waals surface area contributed by atoms with Crippen LogP contribution in [0.5, 0.6) is 0 Å². The van der Waals surface area contributed by atoms with Crippen molar-refractivity contribution in [1.82, 2.24) is 0 Å². The first kappa shape index (κ1) is 18.7. The number of ether oxygens (including phenoxy) is 2. The van der Waals surface area contributed by atoms with Crippen molar-refractivity contribution >= 4 is 5.78 Å². The minimum absolute atomic E-state index is 0.175. The number of unbranched alkanes of at least 4 members (excludes halogenated alkanes) is 6. The molecule has 2 aliphatic heterocycles. The molecular weight excluding hydrogens is 288 g/mol. The quantitative estimate of drug-likeness (QED) is 0.243. The van der Waals surface area contributed by atoms with E-state index < -0.39 is 0 Å². The molecule has 0 spiro atoms. The van der Waals surface area contributed by atoms with E-state index in [0.717, 1.165) is 19.3 Å². The molecule has 4 atom stereocenters. The van der Waals surface area contributed by atoms with Gasteiger partial charge in [-0.3, -0.25) is 4.79 Å². The van der Waals surface area contributed by atoms with Gasteiger partial charge in [-0.1, -0.05) is 58.4 Å². The highest BCUT2D eigenvalue weighted by molar-refractivity contribution is 5.88. The van der Waals surface area contributed by atoms with E-state index in [1.165, 1.54) is 57.4 Å². The Morgan fingerprint density at radius 3 is 2.04 bits per heavy atom. The normalized spacial score (nSPS) is 28.6. The van der Waals surface area contributed by atoms with Crippen molar-refractivity contribution in [3.05, 3.63) is 12.7 Å². The van der Waals surface area contributed by atoms with Crippen molar-refractivity contribution in [3.63, 3.8) is 0 Å². The highest BCUT2D eigenvalue weighted by atomic mass is 16.6. The summed E-state index contributed by atoms with van der Waals surface area (Å²) in [6, 6.07) is 0. The van der Waals surface area contributed by atoms with E-state index in [2.05, 4.69) is 13.5 Å². The summed E-state index contributed by atoms with van der Waals surface area (Å²) in [5.41, 5.74) is 0. The SMILES string of the molecule is C=CC(=O)CCCCCCCC1OC1CC1OC1CCCCC. The van der Waals surface area contributed by atoms with Crippen LogP contribution in [0, 0.1) is 0 Å². The van der Waals surface area contributed by atoms with Gasteiger partial charge < -0.3 is 9.47 Å². The fourth-order valence-corrected chi connectivity index (χ4v) is 3.38. The number of carbonyl (C=O) groups excluding carboxylic acids is 1. The molecule has 2 rings (SSSR count). The van der Waals surface area contributed by atoms with Crippen LogP contribution in [0.4, 0.5) is 0 Å². The molecule has 23 heavy (non-hydrogen) atoms. The van der Waals surface area contributed by atoms with Crippen LogP contribution in [0.25, 0.3) is 0 Å². The molecule has 0 aromatic rings. The van der Waals surface area contributed by atoms with Crippen molar-refractivity contribution in [3.8, 4) is 0 Å². The maximum Gasteiger partial charge on any atom is 0.155 e. The van der Waals surface area contributed by atoms with Crippen molar-refractivity contribution in [2.45, 2.75) is 108 Å². The Kier molecular flexibility index (Phi) is 8.32. The Hall–Kier alpha value is -0.670. The number of allylic oxidation sites excluding steroid dienone is 1. The van der Waals surface area contributed by atoms with Gasteiger partial charge in [-0.05, 0) is 25.3 Å². The Bertz CT molecular complexity index is 366. The number of hydrogen-bond acceptors (Lipinski definition) is 3. The zero-order valence-electron chi connectivity index (χ0n) is 14.8. The van der Waals surface area contributed by atoms with Crippen LogP contribution in [0.3, 0.4) is 0 Å². The van der Waals surface area contributed by atoms with E-state index in [-0.39, 0.29) is 5.78 Å². The molecule has 4 unspecified atom stereocenters. The highest BCUT2D eigenvalue weighted by Gasteiger charge is 2.47. The average molecular weight is 322 g/mol. The lowest BCUT2D eigenvalue weighted by molar-refractivity contribution is -0.114. The zero-order valence-corrected chi connectivity index (χ0v) is 14.8. The second-order valence-electron chi connectivity index (χ2n) is 7.13. The lowest BCUT2D eigenvalue weighted by Gasteiger charge is -1.99. The minimum Gasteiger partial charge on any atom is -0.369 e. The van der Waals surface area contributed by atoms with Crippen molar-refractivity contribution in [2.24, 2.45) is 0 Å². The Morgan fingerprint density at radius 2 is 1.43 bits per heavy atom. The van der Waals surface area contributed by atoms with E-state index in [4.69, 9.17) is 9.47 Å². The van der Waals surface area contributed by atoms with Crippen LogP contribution in [0.2, 0.25) is 0 Å². The molecule has 0 aromatic carbocycles. The number of carbonyl (C=O) groups is 1. The monoisotopic (exact) mass is 322 g/mol. The van der Waals surface area contributed by atoms with Crippen molar-refractivity contribution in [1.29, 1.82) is 0 Å². The number of hydrogen-bond donors (Lipinski definition) is 0. The van der Waals surface area contributed by atoms with Crippen LogP contribution in [0.1, 0.15) is 84.0 Å². The molecule has 2 saturated heterocycles. The molecule has 132 valence electrons. The molecular formula is C20H34O3. The molecule has 0 bridgehead atoms. The Balaban J connectivity index is 1.36. The van der Waals surface area contributed by atoms with Gasteiger partial charge in [0.05, 0.1) is 24.4 Å². The van der Waals surface area contributed by atoms with Gasteiger partial charge in [0, 0.05) is 12.8 Å². The smallest absolute Gasteiger partial charge is 0.155 e. The number of rotatable bonds is 15. The summed E-state index contributed by atoms with van der Waals surface area (Å²) in [5.74, 6) is 0.175. The molecule has 2 heterocycles. The molecule has 0 N–H and O–H groups in total. The summed E-state index contributed by atoms with van der Waals surface area (Å²) in [6.45, 7) is 5.74. The van der Waals surface area contributed by atoms with Crippen LogP contribution in [0.15, 0.2) is 12.7 Å². The maximum atomic E-state index is 11.1. The standard InChI is InChI=1S/C20H34O3/c1-3-5-9-13-17-19(22-17)15-20-18(23-20)14-11-8-6-7-10-12-16(21)4-2/h4,17-20H,2-3,5-15H2,1H3. The molecule has 0 amide bonds. The zero-order chi connectivity index (χ0) is 16.5. The third kappa shape index (κ3) is 7.63. The van der Waals surface area contributed by atoms with Crippen LogP contribution >= 0.6 is 0 Å². The number of ketones is 1. The summed E-state index contributed by atoms with van der Waals surface area (Å²) < 4.78 is 11.5. The molecule has 2 aliphatic rings. The molecule has 0 aliphatic carbocycles. The first-order chi connectivity index (χ1) is 11.2. The third-order valence-electron chi connectivity index (χ3n) is 5.07. The molecule has 3 nitrogen and oxygen atoms in total. The fraction of sp³-hybridized carbons (Fsp3) is 0.850. The molecule has 2 fully saturated rings. The Morgan fingerprint density at radius 1 is 0.870 bits per heavy atom. The minimum atomic E-state index is 0.175. The largest absolute Gasteiger partial charge is 0.369 e. The molecule has 3 heteroatoms. The summed E-state index contributed by atoms with van der Waals surface area (Å²) in [5, 5.41) is 0. The second-order valence-corrected chi connectivity index (χ2v) is 7.13. The van der Waals surface area contributed by atoms with E-state index in [1.54, 1.807) is 0 Å². The first-order valence-electron chi connectivity index (χ1n) is 9.70. The van der Waals surface area contributed by atoms with Gasteiger partial charge in [0.15, 0.2) is 5.78 Å². The molecule has 0 aromatic heterocycles. The second kappa shape index (κ2) is 10.2. The van der Waals surface area contributed by atoms with Gasteiger partial charge in [-0.15, -0.1) is 0 Å². The van der Waals surface area contributed by atoms with E-state index in [9.17, 15) is 4.79 Å². The fourth-order valence-electron chi connectivity index (χ4n) is 3.38. The summed E-state index contributed by atoms with van der Waals surface area (Å²) in [6.07, 6.45) is 17.5. The van der Waals surface area contributed by atoms with Crippen LogP contribution < -0.4 is 0 Å². The van der Waals surface area contributed by atoms with Gasteiger partial charge in [-0.25, -0.2) is 0 Å². The lowest BCUT2D eigenvalue weighted by Crippen LogP contribution is -2.02. The van der Waals surface area contributed by atoms with Crippen molar-refractivity contribution < 1.29 is 14.3 Å². The van der Waals surface area contributed by atoms with Crippen LogP contribution in [-0.4, -0.2) is 30.2 Å². The number of epoxide rings is 2. The lowest BCUT2D eigenvalue weighted by atomic mass is 10.0. The summed E-state index contributed by atoms with van der Waals surface area (Å²) in [7, 11) is 0. The van der Waals surface area contributed by atoms with Gasteiger partial charge in [0.1, 0.15) is 0 Å². The Labute approximate surface area is 141 Å². The third-order valence-corrected chi connectivity index (χ3v) is 5.07. The molecule has 0 radical (unpaired) electrons. The van der Waals surface area contributed by atoms with Gasteiger partial charge in [0.2, 0.25) is 0 Å². The first-order valence-corrected chi connectivity index (χ1v) is 9.70. The van der Waals surface area contributed by atoms with Gasteiger partial charge >= 0.3 is 0 Å².